The summed E-state index contributed by atoms with van der Waals surface area (Å²) in [5, 5.41) is 12.2. The summed E-state index contributed by atoms with van der Waals surface area (Å²) in [6.45, 7) is 11.6. The Morgan fingerprint density at radius 3 is 1.48 bits per heavy atom. The van der Waals surface area contributed by atoms with Crippen molar-refractivity contribution in [1.82, 2.24) is 15.1 Å². The molecule has 0 bridgehead atoms. The lowest BCUT2D eigenvalue weighted by molar-refractivity contribution is -0.143. The molecule has 2 atom stereocenters. The molecule has 0 radical (unpaired) electrons. The first-order valence-corrected chi connectivity index (χ1v) is 16.7. The smallest absolute Gasteiger partial charge is 0.411 e. The molecule has 0 saturated heterocycles. The Hall–Kier alpha value is -4.35. The number of hydrogen-bond donors (Lipinski definition) is 3. The van der Waals surface area contributed by atoms with E-state index in [-0.39, 0.29) is 18.3 Å². The first-order valence-electron chi connectivity index (χ1n) is 16.7. The van der Waals surface area contributed by atoms with Gasteiger partial charge >= 0.3 is 18.2 Å². The fourth-order valence-electron chi connectivity index (χ4n) is 6.69. The number of likely N-dealkylation sites (N-methyl/N-ethyl adjacent to an activating group) is 1. The van der Waals surface area contributed by atoms with E-state index in [9.17, 15) is 24.3 Å². The Bertz CT molecular complexity index is 1670. The van der Waals surface area contributed by atoms with Gasteiger partial charge in [0.15, 0.2) is 0 Å². The van der Waals surface area contributed by atoms with Crippen molar-refractivity contribution in [2.45, 2.75) is 90.5 Å². The van der Waals surface area contributed by atoms with E-state index in [0.29, 0.717) is 25.9 Å². The van der Waals surface area contributed by atoms with Gasteiger partial charge in [-0.05, 0) is 106 Å². The zero-order valence-electron chi connectivity index (χ0n) is 30.3. The molecule has 2 aromatic rings. The number of hydrogen-bond acceptors (Lipinski definition) is 7. The number of halogens is 1. The van der Waals surface area contributed by atoms with Crippen molar-refractivity contribution in [2.24, 2.45) is 5.73 Å². The summed E-state index contributed by atoms with van der Waals surface area (Å²) >= 11 is 0. The molecule has 3 amide bonds. The maximum atomic E-state index is 12.6. The molecular weight excluding hydrogens is 660 g/mol. The van der Waals surface area contributed by atoms with Gasteiger partial charge in [0.2, 0.25) is 5.91 Å². The zero-order valence-corrected chi connectivity index (χ0v) is 31.1. The number of nitrogens with two attached hydrogens (primary N) is 1. The Kier molecular flexibility index (Phi) is 12.9. The number of amides is 3. The second kappa shape index (κ2) is 16.1. The third-order valence-corrected chi connectivity index (χ3v) is 8.71. The summed E-state index contributed by atoms with van der Waals surface area (Å²) < 4.78 is 10.9. The Balaban J connectivity index is 0.000000253. The Labute approximate surface area is 301 Å². The van der Waals surface area contributed by atoms with Gasteiger partial charge in [-0.25, -0.2) is 14.4 Å². The SMILES string of the molecule is CC(C)(C)OC(=O)N1CC2=C(C[C@@H]1C(=O)O)c1ccccc1C2.CN.CNC(=O)[C@H]1CC2=C(Cc3ccccc32)CN1C(=O)OC(C)(C)C.Cl. The van der Waals surface area contributed by atoms with Gasteiger partial charge in [-0.1, -0.05) is 48.5 Å². The minimum atomic E-state index is -0.994. The molecule has 12 heteroatoms. The predicted octanol–water partition coefficient (Wildman–Crippen LogP) is 5.84. The van der Waals surface area contributed by atoms with Crippen molar-refractivity contribution in [1.29, 1.82) is 0 Å². The van der Waals surface area contributed by atoms with Gasteiger partial charge in [-0.15, -0.1) is 12.4 Å². The average molecular weight is 711 g/mol. The van der Waals surface area contributed by atoms with Crippen LogP contribution in [0.2, 0.25) is 0 Å². The van der Waals surface area contributed by atoms with E-state index in [4.69, 9.17) is 9.47 Å². The molecule has 0 aromatic heterocycles. The van der Waals surface area contributed by atoms with Crippen LogP contribution < -0.4 is 11.1 Å². The molecule has 0 unspecified atom stereocenters. The van der Waals surface area contributed by atoms with Gasteiger partial charge < -0.3 is 25.6 Å². The summed E-state index contributed by atoms with van der Waals surface area (Å²) in [6.07, 6.45) is 1.49. The number of rotatable bonds is 2. The summed E-state index contributed by atoms with van der Waals surface area (Å²) in [5.41, 5.74) is 12.7. The van der Waals surface area contributed by atoms with Crippen LogP contribution >= 0.6 is 12.4 Å². The van der Waals surface area contributed by atoms with Crippen LogP contribution in [0, 0.1) is 0 Å². The number of carbonyl (C=O) groups is 4. The van der Waals surface area contributed by atoms with E-state index in [0.717, 1.165) is 29.6 Å². The normalized spacial score (nSPS) is 18.8. The van der Waals surface area contributed by atoms with Crippen LogP contribution in [0.25, 0.3) is 11.1 Å². The van der Waals surface area contributed by atoms with Crippen LogP contribution in [0.4, 0.5) is 9.59 Å². The number of fused-ring (bicyclic) bond motifs is 4. The van der Waals surface area contributed by atoms with E-state index in [1.54, 1.807) is 32.7 Å². The molecule has 2 aliphatic heterocycles. The van der Waals surface area contributed by atoms with Gasteiger partial charge in [-0.3, -0.25) is 14.6 Å². The quantitative estimate of drug-likeness (QED) is 0.352. The molecule has 0 saturated carbocycles. The molecule has 0 fully saturated rings. The summed E-state index contributed by atoms with van der Waals surface area (Å²) in [5.74, 6) is -1.15. The van der Waals surface area contributed by atoms with Gasteiger partial charge in [0.25, 0.3) is 0 Å². The minimum absolute atomic E-state index is 0. The lowest BCUT2D eigenvalue weighted by Gasteiger charge is -2.36. The molecular formula is C38H51ClN4O7. The van der Waals surface area contributed by atoms with Crippen LogP contribution in [0.1, 0.15) is 76.6 Å². The number of aliphatic carboxylic acids is 1. The number of carbonyl (C=O) groups excluding carboxylic acids is 3. The molecule has 2 heterocycles. The Morgan fingerprint density at radius 1 is 0.720 bits per heavy atom. The van der Waals surface area contributed by atoms with Crippen molar-refractivity contribution >= 4 is 47.6 Å². The van der Waals surface area contributed by atoms with E-state index < -0.39 is 41.4 Å². The van der Waals surface area contributed by atoms with Crippen molar-refractivity contribution < 1.29 is 33.8 Å². The molecule has 4 aliphatic rings. The molecule has 6 rings (SSSR count). The number of nitrogens with one attached hydrogen (secondary N) is 1. The van der Waals surface area contributed by atoms with Crippen LogP contribution in [-0.4, -0.2) is 89.4 Å². The fraction of sp³-hybridized carbons (Fsp3) is 0.474. The van der Waals surface area contributed by atoms with Crippen LogP contribution in [0.5, 0.6) is 0 Å². The predicted molar refractivity (Wildman–Crippen MR) is 196 cm³/mol. The Morgan fingerprint density at radius 2 is 1.10 bits per heavy atom. The van der Waals surface area contributed by atoms with E-state index in [1.807, 2.05) is 51.1 Å². The van der Waals surface area contributed by atoms with Gasteiger partial charge in [0, 0.05) is 33.0 Å². The topological polar surface area (TPSA) is 152 Å². The largest absolute Gasteiger partial charge is 0.480 e. The lowest BCUT2D eigenvalue weighted by atomic mass is 9.93. The fourth-order valence-corrected chi connectivity index (χ4v) is 6.69. The monoisotopic (exact) mass is 710 g/mol. The van der Waals surface area contributed by atoms with E-state index >= 15 is 0 Å². The van der Waals surface area contributed by atoms with E-state index in [1.165, 1.54) is 39.8 Å². The first-order chi connectivity index (χ1) is 23.1. The third-order valence-electron chi connectivity index (χ3n) is 8.71. The highest BCUT2D eigenvalue weighted by Gasteiger charge is 2.41. The molecule has 2 aromatic carbocycles. The second-order valence-corrected chi connectivity index (χ2v) is 14.4. The third kappa shape index (κ3) is 9.05. The summed E-state index contributed by atoms with van der Waals surface area (Å²) in [4.78, 5) is 52.0. The number of nitrogens with zero attached hydrogens (tertiary/aromatic N) is 2. The van der Waals surface area contributed by atoms with Gasteiger partial charge in [-0.2, -0.15) is 0 Å². The molecule has 2 aliphatic carbocycles. The highest BCUT2D eigenvalue weighted by molar-refractivity contribution is 5.91. The summed E-state index contributed by atoms with van der Waals surface area (Å²) in [6, 6.07) is 14.9. The minimum Gasteiger partial charge on any atom is -0.480 e. The zero-order chi connectivity index (χ0) is 36.3. The van der Waals surface area contributed by atoms with E-state index in [2.05, 4.69) is 29.2 Å². The average Bonchev–Trinajstić information content (AvgIpc) is 3.60. The summed E-state index contributed by atoms with van der Waals surface area (Å²) in [7, 11) is 3.10. The van der Waals surface area contributed by atoms with Crippen molar-refractivity contribution in [3.63, 3.8) is 0 Å². The molecule has 50 heavy (non-hydrogen) atoms. The maximum Gasteiger partial charge on any atom is 0.411 e. The number of benzene rings is 2. The van der Waals surface area contributed by atoms with Crippen molar-refractivity contribution in [3.8, 4) is 0 Å². The van der Waals surface area contributed by atoms with Gasteiger partial charge in [0.1, 0.15) is 23.3 Å². The lowest BCUT2D eigenvalue weighted by Crippen LogP contribution is -2.52. The van der Waals surface area contributed by atoms with Gasteiger partial charge in [0.05, 0.1) is 0 Å². The standard InChI is InChI=1S/C19H24N2O3.C18H21NO4.CH5N.ClH/c1-19(2,3)24-18(23)21-11-13-9-12-7-5-6-8-14(12)15(13)10-16(21)17(22)20-4;1-18(2,3)23-17(22)19-10-12-8-11-6-4-5-7-13(11)14(12)9-15(19)16(20)21;1-2;/h5-8,16H,9-11H2,1-4H3,(H,20,22);4-7,15H,8-10H2,1-3H3,(H,20,21);2H2,1H3;1H/t16-;15-;;/m11../s1. The highest BCUT2D eigenvalue weighted by Crippen LogP contribution is 2.41. The number of carboxylic acid groups (broad SMARTS) is 1. The molecule has 0 spiro atoms. The van der Waals surface area contributed by atoms with Crippen molar-refractivity contribution in [3.05, 3.63) is 81.9 Å². The first kappa shape index (κ1) is 40.1. The number of carboxylic acids is 1. The van der Waals surface area contributed by atoms with Crippen molar-refractivity contribution in [2.75, 3.05) is 27.2 Å². The molecule has 272 valence electrons. The van der Waals surface area contributed by atoms with Crippen LogP contribution in [-0.2, 0) is 31.9 Å². The van der Waals surface area contributed by atoms with Crippen LogP contribution in [0.15, 0.2) is 59.7 Å². The second-order valence-electron chi connectivity index (χ2n) is 14.4. The molecule has 4 N–H and O–H groups in total. The maximum absolute atomic E-state index is 12.6. The highest BCUT2D eigenvalue weighted by atomic mass is 35.5. The van der Waals surface area contributed by atoms with Crippen LogP contribution in [0.3, 0.4) is 0 Å². The number of ether oxygens (including phenoxy) is 2. The molecule has 11 nitrogen and oxygen atoms in total.